The molecule has 1 heterocycles. The molecule has 0 aromatic heterocycles. The Morgan fingerprint density at radius 3 is 2.22 bits per heavy atom. The highest BCUT2D eigenvalue weighted by atomic mass is 19.1. The van der Waals surface area contributed by atoms with Crippen LogP contribution in [-0.2, 0) is 4.74 Å². The first kappa shape index (κ1) is 15.4. The second kappa shape index (κ2) is 6.75. The molecule has 1 aliphatic heterocycles. The van der Waals surface area contributed by atoms with Gasteiger partial charge < -0.3 is 15.4 Å². The van der Waals surface area contributed by atoms with Gasteiger partial charge in [-0.2, -0.15) is 0 Å². The summed E-state index contributed by atoms with van der Waals surface area (Å²) in [4.78, 5) is 12.1. The average molecular weight is 318 g/mol. The highest BCUT2D eigenvalue weighted by molar-refractivity contribution is 5.89. The Balaban J connectivity index is 1.62. The van der Waals surface area contributed by atoms with Gasteiger partial charge in [-0.25, -0.2) is 13.6 Å². The van der Waals surface area contributed by atoms with Crippen LogP contribution in [0.15, 0.2) is 48.5 Å². The predicted octanol–water partition coefficient (Wildman–Crippen LogP) is 3.27. The fourth-order valence-corrected chi connectivity index (χ4v) is 2.60. The van der Waals surface area contributed by atoms with Crippen molar-refractivity contribution in [3.8, 4) is 0 Å². The zero-order valence-corrected chi connectivity index (χ0v) is 12.3. The van der Waals surface area contributed by atoms with Gasteiger partial charge in [0.05, 0.1) is 19.3 Å². The van der Waals surface area contributed by atoms with Crippen molar-refractivity contribution in [3.05, 3.63) is 65.7 Å². The summed E-state index contributed by atoms with van der Waals surface area (Å²) in [6.45, 7) is 0.853. The number of nitrogens with one attached hydrogen (secondary N) is 2. The summed E-state index contributed by atoms with van der Waals surface area (Å²) in [5.41, 5.74) is 1.41. The number of hydrogen-bond acceptors (Lipinski definition) is 2. The van der Waals surface area contributed by atoms with Gasteiger partial charge in [-0.05, 0) is 42.0 Å². The molecule has 2 aromatic rings. The summed E-state index contributed by atoms with van der Waals surface area (Å²) in [5, 5.41) is 5.49. The van der Waals surface area contributed by atoms with Crippen molar-refractivity contribution in [2.75, 3.05) is 18.5 Å². The predicted molar refractivity (Wildman–Crippen MR) is 82.3 cm³/mol. The number of ether oxygens (including phenoxy) is 1. The minimum absolute atomic E-state index is 0.0328. The molecule has 0 bridgehead atoms. The highest BCUT2D eigenvalue weighted by Gasteiger charge is 2.30. The molecule has 0 radical (unpaired) electrons. The van der Waals surface area contributed by atoms with Crippen molar-refractivity contribution in [2.24, 2.45) is 0 Å². The summed E-state index contributed by atoms with van der Waals surface area (Å²) in [6.07, 6.45) is 0. The first-order chi connectivity index (χ1) is 11.1. The van der Waals surface area contributed by atoms with Crippen molar-refractivity contribution in [3.63, 3.8) is 0 Å². The van der Waals surface area contributed by atoms with Gasteiger partial charge in [0.2, 0.25) is 0 Å². The number of hydrogen-bond donors (Lipinski definition) is 2. The number of carbonyl (C=O) groups excluding carboxylic acids is 1. The molecule has 3 rings (SSSR count). The Morgan fingerprint density at radius 1 is 0.957 bits per heavy atom. The molecule has 4 nitrogen and oxygen atoms in total. The fourth-order valence-electron chi connectivity index (χ4n) is 2.60. The maximum atomic E-state index is 13.0. The molecule has 1 fully saturated rings. The van der Waals surface area contributed by atoms with E-state index in [9.17, 15) is 13.6 Å². The van der Waals surface area contributed by atoms with Crippen LogP contribution in [0.25, 0.3) is 0 Å². The van der Waals surface area contributed by atoms with Crippen LogP contribution in [0.5, 0.6) is 0 Å². The van der Waals surface area contributed by atoms with Crippen LogP contribution >= 0.6 is 0 Å². The number of anilines is 1. The zero-order valence-electron chi connectivity index (χ0n) is 12.3. The summed E-state index contributed by atoms with van der Waals surface area (Å²) in [6, 6.07) is 11.1. The molecule has 0 saturated carbocycles. The minimum atomic E-state index is -0.390. The van der Waals surface area contributed by atoms with E-state index in [1.807, 2.05) is 0 Å². The number of urea groups is 1. The van der Waals surface area contributed by atoms with Crippen LogP contribution in [0, 0.1) is 11.6 Å². The summed E-state index contributed by atoms with van der Waals surface area (Å²) in [7, 11) is 0. The third-order valence-corrected chi connectivity index (χ3v) is 3.80. The molecule has 0 aliphatic carbocycles. The van der Waals surface area contributed by atoms with E-state index < -0.39 is 0 Å². The SMILES string of the molecule is O=C(Nc1ccc(F)cc1)N[C@H]1COC[C@H]1c1ccc(F)cc1. The largest absolute Gasteiger partial charge is 0.379 e. The maximum Gasteiger partial charge on any atom is 0.319 e. The first-order valence-electron chi connectivity index (χ1n) is 7.28. The molecular weight excluding hydrogens is 302 g/mol. The zero-order chi connectivity index (χ0) is 16.2. The molecule has 2 N–H and O–H groups in total. The molecule has 0 unspecified atom stereocenters. The van der Waals surface area contributed by atoms with E-state index in [4.69, 9.17) is 4.74 Å². The number of rotatable bonds is 3. The van der Waals surface area contributed by atoms with Gasteiger partial charge in [-0.3, -0.25) is 0 Å². The lowest BCUT2D eigenvalue weighted by atomic mass is 9.94. The minimum Gasteiger partial charge on any atom is -0.379 e. The van der Waals surface area contributed by atoms with E-state index in [0.29, 0.717) is 18.9 Å². The van der Waals surface area contributed by atoms with Crippen molar-refractivity contribution >= 4 is 11.7 Å². The number of benzene rings is 2. The molecule has 1 aliphatic rings. The van der Waals surface area contributed by atoms with Crippen LogP contribution in [0.3, 0.4) is 0 Å². The van der Waals surface area contributed by atoms with Crippen LogP contribution in [0.1, 0.15) is 11.5 Å². The van der Waals surface area contributed by atoms with Crippen LogP contribution in [0.2, 0.25) is 0 Å². The van der Waals surface area contributed by atoms with Crippen molar-refractivity contribution in [2.45, 2.75) is 12.0 Å². The maximum absolute atomic E-state index is 13.0. The van der Waals surface area contributed by atoms with E-state index in [1.54, 1.807) is 12.1 Å². The van der Waals surface area contributed by atoms with Crippen molar-refractivity contribution in [1.29, 1.82) is 0 Å². The molecule has 120 valence electrons. The summed E-state index contributed by atoms with van der Waals surface area (Å²) in [5.74, 6) is -0.697. The molecule has 23 heavy (non-hydrogen) atoms. The molecule has 2 amide bonds. The molecular formula is C17H16F2N2O2. The molecule has 2 atom stereocenters. The third-order valence-electron chi connectivity index (χ3n) is 3.80. The van der Waals surface area contributed by atoms with Gasteiger partial charge in [0.1, 0.15) is 11.6 Å². The normalized spacial score (nSPS) is 20.3. The first-order valence-corrected chi connectivity index (χ1v) is 7.28. The van der Waals surface area contributed by atoms with E-state index in [1.165, 1.54) is 36.4 Å². The van der Waals surface area contributed by atoms with Crippen LogP contribution in [0.4, 0.5) is 19.3 Å². The van der Waals surface area contributed by atoms with Gasteiger partial charge in [-0.15, -0.1) is 0 Å². The Labute approximate surface area is 132 Å². The topological polar surface area (TPSA) is 50.4 Å². The van der Waals surface area contributed by atoms with E-state index in [2.05, 4.69) is 10.6 Å². The van der Waals surface area contributed by atoms with Gasteiger partial charge >= 0.3 is 6.03 Å². The van der Waals surface area contributed by atoms with Gasteiger partial charge in [0.25, 0.3) is 0 Å². The molecule has 6 heteroatoms. The van der Waals surface area contributed by atoms with Crippen molar-refractivity contribution in [1.82, 2.24) is 5.32 Å². The summed E-state index contributed by atoms with van der Waals surface area (Å²) >= 11 is 0. The summed E-state index contributed by atoms with van der Waals surface area (Å²) < 4.78 is 31.3. The standard InChI is InChI=1S/C17H16F2N2O2/c18-12-3-1-11(2-4-12)15-9-23-10-16(15)21-17(22)20-14-7-5-13(19)6-8-14/h1-8,15-16H,9-10H2,(H2,20,21,22)/t15-,16-/m0/s1. The molecule has 0 spiro atoms. The Bertz CT molecular complexity index is 674. The molecule has 2 aromatic carbocycles. The van der Waals surface area contributed by atoms with E-state index >= 15 is 0 Å². The van der Waals surface area contributed by atoms with Gasteiger partial charge in [0, 0.05) is 11.6 Å². The van der Waals surface area contributed by atoms with E-state index in [-0.39, 0.29) is 29.6 Å². The molecule has 1 saturated heterocycles. The lowest BCUT2D eigenvalue weighted by molar-refractivity contribution is 0.187. The lowest BCUT2D eigenvalue weighted by Gasteiger charge is -2.19. The second-order valence-electron chi connectivity index (χ2n) is 5.41. The monoisotopic (exact) mass is 318 g/mol. The lowest BCUT2D eigenvalue weighted by Crippen LogP contribution is -2.41. The Kier molecular flexibility index (Phi) is 4.52. The van der Waals surface area contributed by atoms with Crippen LogP contribution in [-0.4, -0.2) is 25.3 Å². The number of halogens is 2. The van der Waals surface area contributed by atoms with Gasteiger partial charge in [-0.1, -0.05) is 12.1 Å². The average Bonchev–Trinajstić information content (AvgIpc) is 2.98. The van der Waals surface area contributed by atoms with Crippen molar-refractivity contribution < 1.29 is 18.3 Å². The Morgan fingerprint density at radius 2 is 1.57 bits per heavy atom. The smallest absolute Gasteiger partial charge is 0.319 e. The number of amides is 2. The third kappa shape index (κ3) is 3.84. The fraction of sp³-hybridized carbons (Fsp3) is 0.235. The van der Waals surface area contributed by atoms with E-state index in [0.717, 1.165) is 5.56 Å². The Hall–Kier alpha value is -2.47. The number of carbonyl (C=O) groups is 1. The quantitative estimate of drug-likeness (QED) is 0.912. The highest BCUT2D eigenvalue weighted by Crippen LogP contribution is 2.26. The second-order valence-corrected chi connectivity index (χ2v) is 5.41. The van der Waals surface area contributed by atoms with Crippen LogP contribution < -0.4 is 10.6 Å². The van der Waals surface area contributed by atoms with Gasteiger partial charge in [0.15, 0.2) is 0 Å².